The minimum Gasteiger partial charge on any atom is -0.397 e. The maximum atomic E-state index is 12.4. The first kappa shape index (κ1) is 13.8. The SMILES string of the molecule is Nc1cccnc1C(=O)N1CCCN(CCO)CC1. The van der Waals surface area contributed by atoms with Gasteiger partial charge in [-0.05, 0) is 25.1 Å². The summed E-state index contributed by atoms with van der Waals surface area (Å²) in [6.07, 6.45) is 2.48. The molecule has 2 rings (SSSR count). The molecule has 0 aromatic carbocycles. The fraction of sp³-hybridized carbons (Fsp3) is 0.538. The molecule has 0 unspecified atom stereocenters. The van der Waals surface area contributed by atoms with Crippen LogP contribution in [0.25, 0.3) is 0 Å². The van der Waals surface area contributed by atoms with Gasteiger partial charge in [-0.2, -0.15) is 0 Å². The molecule has 1 aromatic heterocycles. The van der Waals surface area contributed by atoms with Gasteiger partial charge in [-0.25, -0.2) is 4.98 Å². The molecule has 1 fully saturated rings. The Morgan fingerprint density at radius 2 is 2.21 bits per heavy atom. The molecule has 0 bridgehead atoms. The number of nitrogens with zero attached hydrogens (tertiary/aromatic N) is 3. The van der Waals surface area contributed by atoms with Crippen LogP contribution in [0.15, 0.2) is 18.3 Å². The van der Waals surface area contributed by atoms with Crippen molar-refractivity contribution in [1.82, 2.24) is 14.8 Å². The standard InChI is InChI=1S/C13H20N4O2/c14-11-3-1-4-15-12(11)13(19)17-6-2-5-16(7-8-17)9-10-18/h1,3-4,18H,2,5-10,14H2. The number of aliphatic hydroxyl groups is 1. The van der Waals surface area contributed by atoms with E-state index in [1.807, 2.05) is 0 Å². The molecule has 0 spiro atoms. The molecular formula is C13H20N4O2. The number of β-amino-alcohol motifs (C(OH)–C–C–N with tert-alkyl or cyclic N) is 1. The first-order valence-electron chi connectivity index (χ1n) is 6.55. The minimum atomic E-state index is -0.107. The highest BCUT2D eigenvalue weighted by Gasteiger charge is 2.22. The predicted octanol–water partition coefficient (Wildman–Crippen LogP) is -0.196. The molecule has 1 aromatic rings. The predicted molar refractivity (Wildman–Crippen MR) is 72.7 cm³/mol. The number of hydrogen-bond acceptors (Lipinski definition) is 5. The van der Waals surface area contributed by atoms with Gasteiger partial charge in [-0.3, -0.25) is 9.69 Å². The molecule has 3 N–H and O–H groups in total. The summed E-state index contributed by atoms with van der Waals surface area (Å²) < 4.78 is 0. The van der Waals surface area contributed by atoms with Gasteiger partial charge in [0.15, 0.2) is 5.69 Å². The van der Waals surface area contributed by atoms with Crippen LogP contribution < -0.4 is 5.73 Å². The molecule has 2 heterocycles. The largest absolute Gasteiger partial charge is 0.397 e. The highest BCUT2D eigenvalue weighted by Crippen LogP contribution is 2.12. The van der Waals surface area contributed by atoms with Gasteiger partial charge in [0, 0.05) is 32.4 Å². The van der Waals surface area contributed by atoms with Gasteiger partial charge in [0.2, 0.25) is 0 Å². The minimum absolute atomic E-state index is 0.107. The van der Waals surface area contributed by atoms with Crippen LogP contribution in [0.4, 0.5) is 5.69 Å². The average Bonchev–Trinajstić information content (AvgIpc) is 2.65. The molecule has 1 amide bonds. The van der Waals surface area contributed by atoms with E-state index in [1.54, 1.807) is 23.2 Å². The van der Waals surface area contributed by atoms with Gasteiger partial charge < -0.3 is 15.7 Å². The molecule has 6 nitrogen and oxygen atoms in total. The lowest BCUT2D eigenvalue weighted by Crippen LogP contribution is -2.36. The Labute approximate surface area is 112 Å². The zero-order chi connectivity index (χ0) is 13.7. The van der Waals surface area contributed by atoms with Crippen LogP contribution in [0.1, 0.15) is 16.9 Å². The summed E-state index contributed by atoms with van der Waals surface area (Å²) in [6.45, 7) is 3.85. The summed E-state index contributed by atoms with van der Waals surface area (Å²) in [5.74, 6) is -0.107. The van der Waals surface area contributed by atoms with E-state index in [0.29, 0.717) is 31.0 Å². The average molecular weight is 264 g/mol. The van der Waals surface area contributed by atoms with Crippen LogP contribution in [0, 0.1) is 0 Å². The van der Waals surface area contributed by atoms with Crippen LogP contribution >= 0.6 is 0 Å². The summed E-state index contributed by atoms with van der Waals surface area (Å²) in [5, 5.41) is 8.95. The lowest BCUT2D eigenvalue weighted by atomic mass is 10.2. The van der Waals surface area contributed by atoms with Gasteiger partial charge in [0.25, 0.3) is 5.91 Å². The number of rotatable bonds is 3. The lowest BCUT2D eigenvalue weighted by molar-refractivity contribution is 0.0756. The van der Waals surface area contributed by atoms with Crippen molar-refractivity contribution in [3.05, 3.63) is 24.0 Å². The first-order valence-corrected chi connectivity index (χ1v) is 6.55. The van der Waals surface area contributed by atoms with Crippen LogP contribution in [-0.4, -0.2) is 65.1 Å². The van der Waals surface area contributed by atoms with E-state index in [4.69, 9.17) is 10.8 Å². The third kappa shape index (κ3) is 3.42. The molecule has 1 saturated heterocycles. The van der Waals surface area contributed by atoms with E-state index in [1.165, 1.54) is 0 Å². The second-order valence-electron chi connectivity index (χ2n) is 4.65. The zero-order valence-electron chi connectivity index (χ0n) is 11.0. The first-order chi connectivity index (χ1) is 9.22. The highest BCUT2D eigenvalue weighted by atomic mass is 16.3. The molecule has 0 atom stereocenters. The Hall–Kier alpha value is -1.66. The number of aromatic nitrogens is 1. The van der Waals surface area contributed by atoms with E-state index in [2.05, 4.69) is 9.88 Å². The third-order valence-corrected chi connectivity index (χ3v) is 3.33. The molecule has 104 valence electrons. The van der Waals surface area contributed by atoms with Crippen molar-refractivity contribution in [2.24, 2.45) is 0 Å². The van der Waals surface area contributed by atoms with E-state index < -0.39 is 0 Å². The number of aliphatic hydroxyl groups excluding tert-OH is 1. The quantitative estimate of drug-likeness (QED) is 0.790. The Morgan fingerprint density at radius 1 is 1.37 bits per heavy atom. The van der Waals surface area contributed by atoms with Crippen molar-refractivity contribution in [3.8, 4) is 0 Å². The van der Waals surface area contributed by atoms with Crippen molar-refractivity contribution >= 4 is 11.6 Å². The number of amides is 1. The monoisotopic (exact) mass is 264 g/mol. The number of carbonyl (C=O) groups excluding carboxylic acids is 1. The fourth-order valence-corrected chi connectivity index (χ4v) is 2.29. The number of carbonyl (C=O) groups is 1. The van der Waals surface area contributed by atoms with Gasteiger partial charge in [-0.15, -0.1) is 0 Å². The second kappa shape index (κ2) is 6.49. The van der Waals surface area contributed by atoms with E-state index in [9.17, 15) is 4.79 Å². The normalized spacial score (nSPS) is 17.2. The van der Waals surface area contributed by atoms with E-state index in [0.717, 1.165) is 19.5 Å². The highest BCUT2D eigenvalue weighted by molar-refractivity contribution is 5.97. The van der Waals surface area contributed by atoms with Crippen molar-refractivity contribution < 1.29 is 9.90 Å². The summed E-state index contributed by atoms with van der Waals surface area (Å²) in [6, 6.07) is 3.41. The third-order valence-electron chi connectivity index (χ3n) is 3.33. The number of hydrogen-bond donors (Lipinski definition) is 2. The van der Waals surface area contributed by atoms with Crippen LogP contribution in [0.2, 0.25) is 0 Å². The van der Waals surface area contributed by atoms with E-state index in [-0.39, 0.29) is 12.5 Å². The smallest absolute Gasteiger partial charge is 0.274 e. The van der Waals surface area contributed by atoms with Crippen molar-refractivity contribution in [2.45, 2.75) is 6.42 Å². The van der Waals surface area contributed by atoms with Gasteiger partial charge in [0.05, 0.1) is 12.3 Å². The Morgan fingerprint density at radius 3 is 2.95 bits per heavy atom. The van der Waals surface area contributed by atoms with Crippen molar-refractivity contribution in [1.29, 1.82) is 0 Å². The van der Waals surface area contributed by atoms with Gasteiger partial charge >= 0.3 is 0 Å². The van der Waals surface area contributed by atoms with Crippen LogP contribution in [-0.2, 0) is 0 Å². The summed E-state index contributed by atoms with van der Waals surface area (Å²) in [4.78, 5) is 20.4. The number of anilines is 1. The molecule has 1 aliphatic heterocycles. The molecule has 0 aliphatic carbocycles. The number of nitrogens with two attached hydrogens (primary N) is 1. The summed E-state index contributed by atoms with van der Waals surface area (Å²) in [5.41, 5.74) is 6.54. The topological polar surface area (TPSA) is 82.7 Å². The molecule has 6 heteroatoms. The van der Waals surface area contributed by atoms with Crippen LogP contribution in [0.5, 0.6) is 0 Å². The van der Waals surface area contributed by atoms with Crippen molar-refractivity contribution in [3.63, 3.8) is 0 Å². The lowest BCUT2D eigenvalue weighted by Gasteiger charge is -2.21. The Bertz CT molecular complexity index is 438. The van der Waals surface area contributed by atoms with Gasteiger partial charge in [0.1, 0.15) is 0 Å². The number of nitrogen functional groups attached to an aromatic ring is 1. The summed E-state index contributed by atoms with van der Waals surface area (Å²) >= 11 is 0. The Balaban J connectivity index is 2.02. The molecule has 0 radical (unpaired) electrons. The van der Waals surface area contributed by atoms with Crippen molar-refractivity contribution in [2.75, 3.05) is 45.1 Å². The zero-order valence-corrected chi connectivity index (χ0v) is 11.0. The summed E-state index contributed by atoms with van der Waals surface area (Å²) in [7, 11) is 0. The maximum Gasteiger partial charge on any atom is 0.274 e. The molecule has 19 heavy (non-hydrogen) atoms. The van der Waals surface area contributed by atoms with Gasteiger partial charge in [-0.1, -0.05) is 0 Å². The fourth-order valence-electron chi connectivity index (χ4n) is 2.29. The number of pyridine rings is 1. The molecule has 0 saturated carbocycles. The van der Waals surface area contributed by atoms with Crippen LogP contribution in [0.3, 0.4) is 0 Å². The molecule has 1 aliphatic rings. The second-order valence-corrected chi connectivity index (χ2v) is 4.65. The Kier molecular flexibility index (Phi) is 4.70. The maximum absolute atomic E-state index is 12.4. The molecular weight excluding hydrogens is 244 g/mol. The van der Waals surface area contributed by atoms with E-state index >= 15 is 0 Å².